The first-order chi connectivity index (χ1) is 4.67. The van der Waals surface area contributed by atoms with E-state index in [2.05, 4.69) is 8.92 Å². The molecule has 1 atom stereocenters. The van der Waals surface area contributed by atoms with Crippen molar-refractivity contribution in [2.24, 2.45) is 0 Å². The van der Waals surface area contributed by atoms with Gasteiger partial charge >= 0.3 is 0 Å². The smallest absolute Gasteiger partial charge is 0.294 e. The largest absolute Gasteiger partial charge is 0.448 e. The Hall–Kier alpha value is -0.300. The van der Waals surface area contributed by atoms with Gasteiger partial charge in [0.1, 0.15) is 10.9 Å². The van der Waals surface area contributed by atoms with E-state index in [0.29, 0.717) is 6.42 Å². The summed E-state index contributed by atoms with van der Waals surface area (Å²) < 4.78 is 26.7. The van der Waals surface area contributed by atoms with Gasteiger partial charge in [-0.15, -0.1) is 0 Å². The van der Waals surface area contributed by atoms with E-state index in [1.165, 1.54) is 0 Å². The third-order valence-electron chi connectivity index (χ3n) is 1.16. The molecule has 0 bridgehead atoms. The molecule has 0 aromatic rings. The lowest BCUT2D eigenvalue weighted by Gasteiger charge is -2.24. The molecule has 1 aliphatic heterocycles. The summed E-state index contributed by atoms with van der Waals surface area (Å²) in [6.45, 7) is 0.411. The second-order valence-corrected chi connectivity index (χ2v) is 3.65. The lowest BCUT2D eigenvalue weighted by atomic mass is 10.5. The maximum absolute atomic E-state index is 9.76. The molecule has 0 aliphatic carbocycles. The molecular formula is C4H8O5S. The van der Waals surface area contributed by atoms with Gasteiger partial charge in [-0.1, -0.05) is 0 Å². The summed E-state index contributed by atoms with van der Waals surface area (Å²) >= 11 is 0. The van der Waals surface area contributed by atoms with E-state index in [1.807, 2.05) is 0 Å². The van der Waals surface area contributed by atoms with Crippen molar-refractivity contribution >= 4 is 17.3 Å². The van der Waals surface area contributed by atoms with Gasteiger partial charge in [0.2, 0.25) is 0 Å². The first kappa shape index (κ1) is 7.80. The predicted molar refractivity (Wildman–Crippen MR) is 34.4 cm³/mol. The maximum atomic E-state index is 9.76. The Balaban J connectivity index is 2.50. The molecule has 0 saturated carbocycles. The highest BCUT2D eigenvalue weighted by atomic mass is 32.3. The minimum absolute atomic E-state index is 0.188. The number of carbonyl (C=O) groups excluding carboxylic acids is 1. The molecule has 1 saturated heterocycles. The van der Waals surface area contributed by atoms with Gasteiger partial charge < -0.3 is 13.8 Å². The summed E-state index contributed by atoms with van der Waals surface area (Å²) in [5, 5.41) is 0. The van der Waals surface area contributed by atoms with Crippen molar-refractivity contribution in [2.45, 2.75) is 11.9 Å². The molecule has 0 aromatic carbocycles. The average Bonchev–Trinajstić information content (AvgIpc) is 2.13. The number of hydrogen-bond donors (Lipinski definition) is 2. The van der Waals surface area contributed by atoms with E-state index >= 15 is 0 Å². The molecule has 1 unspecified atom stereocenters. The van der Waals surface area contributed by atoms with Crippen molar-refractivity contribution < 1.29 is 22.8 Å². The van der Waals surface area contributed by atoms with Gasteiger partial charge in [0.15, 0.2) is 5.44 Å². The summed E-state index contributed by atoms with van der Waals surface area (Å²) in [5.41, 5.74) is -0.870. The molecule has 6 heteroatoms. The van der Waals surface area contributed by atoms with Crippen LogP contribution in [0.3, 0.4) is 0 Å². The van der Waals surface area contributed by atoms with E-state index in [1.54, 1.807) is 0 Å². The van der Waals surface area contributed by atoms with E-state index in [9.17, 15) is 4.79 Å². The highest BCUT2D eigenvalue weighted by Gasteiger charge is 2.38. The summed E-state index contributed by atoms with van der Waals surface area (Å²) in [6, 6.07) is 0. The third-order valence-corrected chi connectivity index (χ3v) is 2.71. The second kappa shape index (κ2) is 2.75. The van der Waals surface area contributed by atoms with Crippen molar-refractivity contribution in [2.75, 3.05) is 6.61 Å². The molecule has 0 radical (unpaired) electrons. The molecule has 10 heavy (non-hydrogen) atoms. The van der Waals surface area contributed by atoms with E-state index in [0.717, 1.165) is 0 Å². The van der Waals surface area contributed by atoms with Crippen LogP contribution in [0.15, 0.2) is 0 Å². The fourth-order valence-electron chi connectivity index (χ4n) is 0.699. The molecule has 0 spiro atoms. The van der Waals surface area contributed by atoms with Crippen LogP contribution in [-0.4, -0.2) is 27.6 Å². The molecule has 0 aromatic heterocycles. The molecule has 5 nitrogen and oxygen atoms in total. The monoisotopic (exact) mass is 168 g/mol. The molecule has 1 aliphatic rings. The van der Waals surface area contributed by atoms with Crippen LogP contribution in [0.2, 0.25) is 0 Å². The standard InChI is InChI=1S/C4H8O5S/c5-3-8-4-1-2-9-10(4,6)7/h3-4,6-7H,1-2H2. The highest BCUT2D eigenvalue weighted by molar-refractivity contribution is 8.20. The van der Waals surface area contributed by atoms with Crippen LogP contribution in [0.4, 0.5) is 0 Å². The normalized spacial score (nSPS) is 33.2. The second-order valence-electron chi connectivity index (χ2n) is 1.81. The van der Waals surface area contributed by atoms with Crippen molar-refractivity contribution in [1.29, 1.82) is 0 Å². The van der Waals surface area contributed by atoms with Gasteiger partial charge in [0, 0.05) is 6.42 Å². The number of rotatable bonds is 2. The lowest BCUT2D eigenvalue weighted by Crippen LogP contribution is -2.14. The Labute approximate surface area is 59.5 Å². The van der Waals surface area contributed by atoms with E-state index in [4.69, 9.17) is 9.11 Å². The van der Waals surface area contributed by atoms with Crippen molar-refractivity contribution in [3.8, 4) is 0 Å². The van der Waals surface area contributed by atoms with Crippen LogP contribution in [0.1, 0.15) is 6.42 Å². The van der Waals surface area contributed by atoms with Gasteiger partial charge in [0.05, 0.1) is 6.61 Å². The quantitative estimate of drug-likeness (QED) is 0.589. The summed E-state index contributed by atoms with van der Waals surface area (Å²) in [7, 11) is -3.10. The van der Waals surface area contributed by atoms with E-state index in [-0.39, 0.29) is 13.1 Å². The molecule has 1 rings (SSSR count). The fraction of sp³-hybridized carbons (Fsp3) is 0.750. The van der Waals surface area contributed by atoms with Gasteiger partial charge in [-0.05, 0) is 0 Å². The Kier molecular flexibility index (Phi) is 2.14. The zero-order valence-electron chi connectivity index (χ0n) is 5.10. The molecule has 1 heterocycles. The number of hydrogen-bond acceptors (Lipinski definition) is 5. The minimum atomic E-state index is -3.10. The predicted octanol–water partition coefficient (Wildman–Crippen LogP) is 0.571. The fourth-order valence-corrected chi connectivity index (χ4v) is 1.79. The molecule has 2 N–H and O–H groups in total. The Morgan fingerprint density at radius 3 is 2.80 bits per heavy atom. The SMILES string of the molecule is O=COC1CCOS1(O)O. The Morgan fingerprint density at radius 2 is 2.40 bits per heavy atom. The summed E-state index contributed by atoms with van der Waals surface area (Å²) in [5.74, 6) is 0. The first-order valence-electron chi connectivity index (χ1n) is 2.67. The number of ether oxygens (including phenoxy) is 1. The first-order valence-corrected chi connectivity index (χ1v) is 4.21. The molecule has 60 valence electrons. The summed E-state index contributed by atoms with van der Waals surface area (Å²) in [4.78, 5) is 9.76. The molecule has 0 amide bonds. The minimum Gasteiger partial charge on any atom is -0.448 e. The van der Waals surface area contributed by atoms with E-state index < -0.39 is 16.3 Å². The van der Waals surface area contributed by atoms with Gasteiger partial charge in [-0.3, -0.25) is 8.98 Å². The van der Waals surface area contributed by atoms with Crippen molar-refractivity contribution in [1.82, 2.24) is 0 Å². The third kappa shape index (κ3) is 1.40. The van der Waals surface area contributed by atoms with Gasteiger partial charge in [0.25, 0.3) is 6.47 Å². The zero-order valence-corrected chi connectivity index (χ0v) is 5.91. The van der Waals surface area contributed by atoms with Crippen LogP contribution in [-0.2, 0) is 13.7 Å². The summed E-state index contributed by atoms with van der Waals surface area (Å²) in [6.07, 6.45) is 0.348. The van der Waals surface area contributed by atoms with Gasteiger partial charge in [-0.2, -0.15) is 0 Å². The zero-order chi connectivity index (χ0) is 7.61. The van der Waals surface area contributed by atoms with Gasteiger partial charge in [-0.25, -0.2) is 0 Å². The maximum Gasteiger partial charge on any atom is 0.294 e. The topological polar surface area (TPSA) is 76.0 Å². The molecule has 1 fully saturated rings. The van der Waals surface area contributed by atoms with Crippen LogP contribution in [0.5, 0.6) is 0 Å². The van der Waals surface area contributed by atoms with Crippen LogP contribution >= 0.6 is 10.9 Å². The Morgan fingerprint density at radius 1 is 1.70 bits per heavy atom. The molecular weight excluding hydrogens is 160 g/mol. The average molecular weight is 168 g/mol. The van der Waals surface area contributed by atoms with Crippen LogP contribution in [0.25, 0.3) is 0 Å². The highest BCUT2D eigenvalue weighted by Crippen LogP contribution is 2.51. The van der Waals surface area contributed by atoms with Crippen LogP contribution in [0, 0.1) is 0 Å². The van der Waals surface area contributed by atoms with Crippen molar-refractivity contribution in [3.63, 3.8) is 0 Å². The van der Waals surface area contributed by atoms with Crippen LogP contribution < -0.4 is 0 Å². The van der Waals surface area contributed by atoms with Crippen molar-refractivity contribution in [3.05, 3.63) is 0 Å². The Bertz CT molecular complexity index is 136. The lowest BCUT2D eigenvalue weighted by molar-refractivity contribution is -0.130. The number of carbonyl (C=O) groups is 1.